The summed E-state index contributed by atoms with van der Waals surface area (Å²) in [5, 5.41) is 14.5. The zero-order chi connectivity index (χ0) is 34.6. The van der Waals surface area contributed by atoms with Gasteiger partial charge in [-0.3, -0.25) is 0 Å². The zero-order valence-corrected chi connectivity index (χ0v) is 28.1. The van der Waals surface area contributed by atoms with Gasteiger partial charge in [0.05, 0.1) is 45.1 Å². The van der Waals surface area contributed by atoms with Crippen LogP contribution in [-0.2, 0) is 0 Å². The van der Waals surface area contributed by atoms with Crippen molar-refractivity contribution in [2.75, 3.05) is 0 Å². The van der Waals surface area contributed by atoms with E-state index in [0.717, 1.165) is 77.9 Å². The molecule has 0 aliphatic heterocycles. The van der Waals surface area contributed by atoms with Crippen molar-refractivity contribution in [3.8, 4) is 51.1 Å². The van der Waals surface area contributed by atoms with Crippen molar-refractivity contribution in [1.82, 2.24) is 14.1 Å². The number of fused-ring (bicyclic) bond motifs is 7. The number of benzene rings is 7. The summed E-state index contributed by atoms with van der Waals surface area (Å²) < 4.78 is 4.69. The van der Waals surface area contributed by atoms with E-state index in [9.17, 15) is 5.26 Å². The summed E-state index contributed by atoms with van der Waals surface area (Å²) in [5.41, 5.74) is 13.5. The van der Waals surface area contributed by atoms with Crippen LogP contribution in [0.3, 0.4) is 0 Å². The summed E-state index contributed by atoms with van der Waals surface area (Å²) in [4.78, 5) is 5.09. The van der Waals surface area contributed by atoms with Gasteiger partial charge in [0.1, 0.15) is 0 Å². The predicted octanol–water partition coefficient (Wildman–Crippen LogP) is 12.1. The van der Waals surface area contributed by atoms with Gasteiger partial charge in [-0.25, -0.2) is 4.98 Å². The highest BCUT2D eigenvalue weighted by Gasteiger charge is 2.21. The molecule has 242 valence electrons. The average molecular weight is 663 g/mol. The van der Waals surface area contributed by atoms with E-state index in [4.69, 9.17) is 4.98 Å². The second kappa shape index (κ2) is 12.0. The number of aromatic nitrogens is 3. The monoisotopic (exact) mass is 662 g/mol. The molecule has 0 aliphatic carbocycles. The molecule has 0 saturated carbocycles. The maximum atomic E-state index is 9.88. The molecule has 0 aliphatic rings. The van der Waals surface area contributed by atoms with Crippen LogP contribution in [0.2, 0.25) is 0 Å². The van der Waals surface area contributed by atoms with E-state index < -0.39 is 0 Å². The highest BCUT2D eigenvalue weighted by Crippen LogP contribution is 2.42. The summed E-state index contributed by atoms with van der Waals surface area (Å²) in [6, 6.07) is 66.0. The fourth-order valence-corrected chi connectivity index (χ4v) is 7.76. The lowest BCUT2D eigenvalue weighted by molar-refractivity contribution is 1.17. The summed E-state index contributed by atoms with van der Waals surface area (Å²) in [7, 11) is 0. The van der Waals surface area contributed by atoms with E-state index in [1.165, 1.54) is 10.8 Å². The fraction of sp³-hybridized carbons (Fsp3) is 0. The van der Waals surface area contributed by atoms with E-state index in [0.29, 0.717) is 5.56 Å². The van der Waals surface area contributed by atoms with Crippen LogP contribution in [0, 0.1) is 11.3 Å². The van der Waals surface area contributed by atoms with Crippen molar-refractivity contribution in [1.29, 1.82) is 5.26 Å². The maximum Gasteiger partial charge on any atom is 0.0992 e. The minimum absolute atomic E-state index is 0.641. The Kier molecular flexibility index (Phi) is 6.84. The zero-order valence-electron chi connectivity index (χ0n) is 28.1. The van der Waals surface area contributed by atoms with Crippen molar-refractivity contribution >= 4 is 43.6 Å². The summed E-state index contributed by atoms with van der Waals surface area (Å²) in [6.45, 7) is 0. The number of nitriles is 1. The van der Waals surface area contributed by atoms with Crippen LogP contribution >= 0.6 is 0 Å². The third-order valence-corrected chi connectivity index (χ3v) is 10.1. The lowest BCUT2D eigenvalue weighted by Crippen LogP contribution is -1.96. The Hall–Kier alpha value is -7.22. The molecule has 0 saturated heterocycles. The van der Waals surface area contributed by atoms with Gasteiger partial charge in [0.25, 0.3) is 0 Å². The molecule has 4 nitrogen and oxygen atoms in total. The Bertz CT molecular complexity index is 2930. The van der Waals surface area contributed by atoms with Crippen LogP contribution in [-0.4, -0.2) is 14.1 Å². The molecule has 3 aromatic heterocycles. The topological polar surface area (TPSA) is 46.5 Å². The van der Waals surface area contributed by atoms with Gasteiger partial charge in [-0.15, -0.1) is 0 Å². The van der Waals surface area contributed by atoms with Crippen LogP contribution in [0.25, 0.3) is 88.6 Å². The largest absolute Gasteiger partial charge is 0.309 e. The molecular formula is C48H30N4. The first kappa shape index (κ1) is 29.7. The first-order valence-electron chi connectivity index (χ1n) is 17.4. The van der Waals surface area contributed by atoms with Gasteiger partial charge in [0, 0.05) is 44.0 Å². The number of hydrogen-bond donors (Lipinski definition) is 0. The van der Waals surface area contributed by atoms with Crippen LogP contribution in [0.5, 0.6) is 0 Å². The Balaban J connectivity index is 1.21. The molecule has 52 heavy (non-hydrogen) atoms. The lowest BCUT2D eigenvalue weighted by atomic mass is 10.00. The molecule has 0 N–H and O–H groups in total. The maximum absolute atomic E-state index is 9.88. The summed E-state index contributed by atoms with van der Waals surface area (Å²) in [5.74, 6) is 0. The number of rotatable bonds is 5. The fourth-order valence-electron chi connectivity index (χ4n) is 7.76. The molecule has 0 amide bonds. The molecular weight excluding hydrogens is 633 g/mol. The van der Waals surface area contributed by atoms with Gasteiger partial charge in [0.15, 0.2) is 0 Å². The summed E-state index contributed by atoms with van der Waals surface area (Å²) in [6.07, 6.45) is 0. The standard InChI is InChI=1S/C48H30N4/c49-31-32-20-25-41-46(28-32)51(37-16-8-3-9-17-37)45-27-26-40-39-18-10-11-19-44(39)52(48(40)47(41)45)38-23-21-33(22-24-38)36-29-42(34-12-4-1-5-13-34)50-43(30-36)35-14-6-2-7-15-35/h1-30H. The van der Waals surface area contributed by atoms with Gasteiger partial charge in [-0.1, -0.05) is 121 Å². The molecule has 0 spiro atoms. The van der Waals surface area contributed by atoms with Crippen molar-refractivity contribution in [3.05, 3.63) is 188 Å². The predicted molar refractivity (Wildman–Crippen MR) is 214 cm³/mol. The van der Waals surface area contributed by atoms with E-state index in [-0.39, 0.29) is 0 Å². The van der Waals surface area contributed by atoms with Crippen molar-refractivity contribution in [2.45, 2.75) is 0 Å². The molecule has 3 heterocycles. The van der Waals surface area contributed by atoms with Crippen LogP contribution in [0.15, 0.2) is 182 Å². The molecule has 7 aromatic carbocycles. The molecule has 0 bridgehead atoms. The molecule has 0 fully saturated rings. The van der Waals surface area contributed by atoms with E-state index >= 15 is 0 Å². The number of nitrogens with zero attached hydrogens (tertiary/aromatic N) is 4. The van der Waals surface area contributed by atoms with Crippen molar-refractivity contribution in [3.63, 3.8) is 0 Å². The number of hydrogen-bond acceptors (Lipinski definition) is 2. The van der Waals surface area contributed by atoms with E-state index in [1.807, 2.05) is 30.3 Å². The third-order valence-electron chi connectivity index (χ3n) is 10.1. The van der Waals surface area contributed by atoms with Crippen LogP contribution in [0.4, 0.5) is 0 Å². The highest BCUT2D eigenvalue weighted by atomic mass is 15.0. The molecule has 10 rings (SSSR count). The Morgan fingerprint density at radius 3 is 1.67 bits per heavy atom. The lowest BCUT2D eigenvalue weighted by Gasteiger charge is -2.13. The minimum atomic E-state index is 0.641. The third kappa shape index (κ3) is 4.72. The van der Waals surface area contributed by atoms with E-state index in [2.05, 4.69) is 167 Å². The highest BCUT2D eigenvalue weighted by molar-refractivity contribution is 6.26. The Morgan fingerprint density at radius 2 is 1.00 bits per heavy atom. The molecule has 0 atom stereocenters. The second-order valence-corrected chi connectivity index (χ2v) is 13.1. The van der Waals surface area contributed by atoms with Crippen molar-refractivity contribution < 1.29 is 0 Å². The quantitative estimate of drug-likeness (QED) is 0.184. The smallest absolute Gasteiger partial charge is 0.0992 e. The minimum Gasteiger partial charge on any atom is -0.309 e. The van der Waals surface area contributed by atoms with Gasteiger partial charge in [-0.2, -0.15) is 5.26 Å². The van der Waals surface area contributed by atoms with Crippen LogP contribution in [0.1, 0.15) is 5.56 Å². The molecule has 0 radical (unpaired) electrons. The van der Waals surface area contributed by atoms with Gasteiger partial charge in [-0.05, 0) is 71.8 Å². The van der Waals surface area contributed by atoms with Gasteiger partial charge >= 0.3 is 0 Å². The first-order valence-corrected chi connectivity index (χ1v) is 17.4. The van der Waals surface area contributed by atoms with Crippen molar-refractivity contribution in [2.24, 2.45) is 0 Å². The second-order valence-electron chi connectivity index (χ2n) is 13.1. The Morgan fingerprint density at radius 1 is 0.404 bits per heavy atom. The van der Waals surface area contributed by atoms with Gasteiger partial charge < -0.3 is 9.13 Å². The van der Waals surface area contributed by atoms with Gasteiger partial charge in [0.2, 0.25) is 0 Å². The number of pyridine rings is 1. The summed E-state index contributed by atoms with van der Waals surface area (Å²) >= 11 is 0. The SMILES string of the molecule is N#Cc1ccc2c3c(ccc4c5ccccc5n(-c5ccc(-c6cc(-c7ccccc7)nc(-c7ccccc7)c6)cc5)c43)n(-c3ccccc3)c2c1. The first-order chi connectivity index (χ1) is 25.7. The molecule has 0 unspecified atom stereocenters. The normalized spacial score (nSPS) is 11.4. The van der Waals surface area contributed by atoms with Crippen LogP contribution < -0.4 is 0 Å². The molecule has 4 heteroatoms. The Labute approximate surface area is 300 Å². The number of para-hydroxylation sites is 2. The molecule has 10 aromatic rings. The average Bonchev–Trinajstić information content (AvgIpc) is 3.74. The van der Waals surface area contributed by atoms with E-state index in [1.54, 1.807) is 0 Å².